The maximum Gasteiger partial charge on any atom is 0.274 e. The minimum absolute atomic E-state index is 0.00907. The molecule has 2 aliphatic carbocycles. The molecule has 316 valence electrons. The normalized spacial score (nSPS) is 28.5. The number of aromatic nitrogens is 2. The first-order valence-corrected chi connectivity index (χ1v) is 22.1. The Labute approximate surface area is 345 Å². The van der Waals surface area contributed by atoms with E-state index in [-0.39, 0.29) is 49.2 Å². The largest absolute Gasteiger partial charge is 0.471 e. The Morgan fingerprint density at radius 1 is 1.02 bits per heavy atom. The van der Waals surface area contributed by atoms with Gasteiger partial charge in [0.2, 0.25) is 27.7 Å². The SMILES string of the molecule is CCn1nc(O[C@@H]2C[C@H]3C(=O)N[C@]4(C(=O)NS(=O)(=O)C5(C)CC5)C[C@H]4/C=C\CC[C@H](C)C[C@@H](C)[C@H](NC(=O)c4ccc(N(C)C)cc4)C(=O)N3C2)c2ccccc2c1=O. The van der Waals surface area contributed by atoms with Gasteiger partial charge in [-0.3, -0.25) is 28.7 Å². The summed E-state index contributed by atoms with van der Waals surface area (Å²) in [6.45, 7) is 7.59. The average molecular weight is 830 g/mol. The molecule has 0 radical (unpaired) electrons. The van der Waals surface area contributed by atoms with Crippen LogP contribution in [0.25, 0.3) is 10.8 Å². The smallest absolute Gasteiger partial charge is 0.274 e. The Hall–Kier alpha value is -5.25. The maximum atomic E-state index is 15.0. The number of amides is 4. The van der Waals surface area contributed by atoms with Crippen LogP contribution in [0.1, 0.15) is 83.0 Å². The minimum Gasteiger partial charge on any atom is -0.471 e. The lowest BCUT2D eigenvalue weighted by Crippen LogP contribution is -2.59. The predicted octanol–water partition coefficient (Wildman–Crippen LogP) is 3.52. The number of carbonyl (C=O) groups excluding carboxylic acids is 4. The van der Waals surface area contributed by atoms with Crippen molar-refractivity contribution in [2.45, 2.75) is 108 Å². The summed E-state index contributed by atoms with van der Waals surface area (Å²) in [4.78, 5) is 74.0. The van der Waals surface area contributed by atoms with Gasteiger partial charge in [-0.25, -0.2) is 13.1 Å². The van der Waals surface area contributed by atoms with Crippen molar-refractivity contribution in [1.82, 2.24) is 30.0 Å². The highest BCUT2D eigenvalue weighted by Crippen LogP contribution is 2.47. The molecule has 2 saturated carbocycles. The predicted molar refractivity (Wildman–Crippen MR) is 223 cm³/mol. The summed E-state index contributed by atoms with van der Waals surface area (Å²) < 4.78 is 35.5. The van der Waals surface area contributed by atoms with Gasteiger partial charge in [-0.2, -0.15) is 0 Å². The lowest BCUT2D eigenvalue weighted by atomic mass is 9.87. The summed E-state index contributed by atoms with van der Waals surface area (Å²) in [7, 11) is -0.224. The number of benzene rings is 2. The number of allylic oxidation sites excluding steroid dienone is 1. The topological polar surface area (TPSA) is 189 Å². The molecule has 3 aromatic rings. The van der Waals surface area contributed by atoms with Crippen molar-refractivity contribution in [3.05, 3.63) is 76.6 Å². The van der Waals surface area contributed by atoms with Gasteiger partial charge in [0.1, 0.15) is 23.7 Å². The van der Waals surface area contributed by atoms with Crippen molar-refractivity contribution >= 4 is 50.1 Å². The van der Waals surface area contributed by atoms with Crippen LogP contribution in [-0.2, 0) is 31.0 Å². The molecule has 0 unspecified atom stereocenters. The molecule has 2 aromatic carbocycles. The summed E-state index contributed by atoms with van der Waals surface area (Å²) in [5, 5.41) is 11.3. The maximum absolute atomic E-state index is 15.0. The number of nitrogens with one attached hydrogen (secondary N) is 3. The monoisotopic (exact) mass is 829 g/mol. The van der Waals surface area contributed by atoms with Crippen molar-refractivity contribution in [2.75, 3.05) is 25.5 Å². The molecule has 1 saturated heterocycles. The number of ether oxygens (including phenoxy) is 1. The highest BCUT2D eigenvalue weighted by molar-refractivity contribution is 7.91. The van der Waals surface area contributed by atoms with Crippen molar-refractivity contribution in [1.29, 1.82) is 0 Å². The summed E-state index contributed by atoms with van der Waals surface area (Å²) >= 11 is 0. The van der Waals surface area contributed by atoms with E-state index in [0.29, 0.717) is 42.0 Å². The summed E-state index contributed by atoms with van der Waals surface area (Å²) in [6, 6.07) is 11.8. The molecular formula is C43H55N7O8S. The van der Waals surface area contributed by atoms with Crippen LogP contribution in [0.5, 0.6) is 5.88 Å². The fourth-order valence-corrected chi connectivity index (χ4v) is 9.71. The van der Waals surface area contributed by atoms with E-state index in [1.807, 2.05) is 50.2 Å². The van der Waals surface area contributed by atoms with Crippen LogP contribution < -0.4 is 30.6 Å². The molecule has 15 nitrogen and oxygen atoms in total. The molecule has 59 heavy (non-hydrogen) atoms. The van der Waals surface area contributed by atoms with Crippen LogP contribution in [-0.4, -0.2) is 95.8 Å². The van der Waals surface area contributed by atoms with E-state index in [0.717, 1.165) is 12.1 Å². The summed E-state index contributed by atoms with van der Waals surface area (Å²) in [5.74, 6) is -2.91. The van der Waals surface area contributed by atoms with Gasteiger partial charge in [-0.15, -0.1) is 5.10 Å². The number of fused-ring (bicyclic) bond motifs is 3. The number of nitrogens with zero attached hydrogens (tertiary/aromatic N) is 4. The summed E-state index contributed by atoms with van der Waals surface area (Å²) in [5.41, 5.74) is -0.565. The van der Waals surface area contributed by atoms with E-state index in [4.69, 9.17) is 4.74 Å². The molecule has 3 fully saturated rings. The second kappa shape index (κ2) is 16.1. The molecule has 2 aliphatic heterocycles. The van der Waals surface area contributed by atoms with E-state index >= 15 is 4.79 Å². The highest BCUT2D eigenvalue weighted by atomic mass is 32.2. The number of anilines is 1. The molecule has 7 atom stereocenters. The Bertz CT molecular complexity index is 2340. The van der Waals surface area contributed by atoms with E-state index < -0.39 is 68.0 Å². The molecule has 4 amide bonds. The first-order valence-electron chi connectivity index (χ1n) is 20.6. The Balaban J connectivity index is 1.25. The van der Waals surface area contributed by atoms with E-state index in [1.165, 1.54) is 9.58 Å². The number of hydrogen-bond acceptors (Lipinski definition) is 10. The van der Waals surface area contributed by atoms with Gasteiger partial charge in [0.15, 0.2) is 0 Å². The fraction of sp³-hybridized carbons (Fsp3) is 0.535. The molecule has 4 aliphatic rings. The number of hydrogen-bond donors (Lipinski definition) is 3. The number of carbonyl (C=O) groups is 4. The number of sulfonamides is 1. The van der Waals surface area contributed by atoms with E-state index in [9.17, 15) is 27.6 Å². The summed E-state index contributed by atoms with van der Waals surface area (Å²) in [6.07, 6.45) is 6.08. The number of rotatable bonds is 9. The Morgan fingerprint density at radius 3 is 2.37 bits per heavy atom. The molecule has 3 heterocycles. The average Bonchev–Trinajstić information content (AvgIpc) is 4.09. The van der Waals surface area contributed by atoms with Crippen LogP contribution in [0.4, 0.5) is 5.69 Å². The van der Waals surface area contributed by atoms with Gasteiger partial charge >= 0.3 is 0 Å². The molecular weight excluding hydrogens is 775 g/mol. The van der Waals surface area contributed by atoms with Gasteiger partial charge in [0.25, 0.3) is 17.4 Å². The van der Waals surface area contributed by atoms with Crippen LogP contribution in [0.15, 0.2) is 65.5 Å². The lowest BCUT2D eigenvalue weighted by Gasteiger charge is -2.33. The first-order chi connectivity index (χ1) is 28.0. The van der Waals surface area contributed by atoms with Gasteiger partial charge in [-0.05, 0) is 101 Å². The van der Waals surface area contributed by atoms with E-state index in [2.05, 4.69) is 27.4 Å². The molecule has 3 N–H and O–H groups in total. The van der Waals surface area contributed by atoms with Crippen molar-refractivity contribution in [3.63, 3.8) is 0 Å². The fourth-order valence-electron chi connectivity index (χ4n) is 8.40. The zero-order valence-electron chi connectivity index (χ0n) is 34.6. The van der Waals surface area contributed by atoms with Gasteiger partial charge in [-0.1, -0.05) is 38.1 Å². The third-order valence-corrected chi connectivity index (χ3v) is 14.8. The van der Waals surface area contributed by atoms with Crippen molar-refractivity contribution in [2.24, 2.45) is 17.8 Å². The molecule has 0 spiro atoms. The second-order valence-corrected chi connectivity index (χ2v) is 19.5. The van der Waals surface area contributed by atoms with Crippen LogP contribution >= 0.6 is 0 Å². The quantitative estimate of drug-likeness (QED) is 0.270. The third-order valence-electron chi connectivity index (χ3n) is 12.6. The highest BCUT2D eigenvalue weighted by Gasteiger charge is 2.63. The Morgan fingerprint density at radius 2 is 1.71 bits per heavy atom. The molecule has 0 bridgehead atoms. The lowest BCUT2D eigenvalue weighted by molar-refractivity contribution is -0.142. The zero-order chi connectivity index (χ0) is 42.4. The number of aryl methyl sites for hydroxylation is 1. The molecule has 7 rings (SSSR count). The Kier molecular flexibility index (Phi) is 11.4. The van der Waals surface area contributed by atoms with Crippen LogP contribution in [0.3, 0.4) is 0 Å². The van der Waals surface area contributed by atoms with Crippen LogP contribution in [0, 0.1) is 17.8 Å². The third kappa shape index (κ3) is 8.32. The van der Waals surface area contributed by atoms with Gasteiger partial charge < -0.3 is 25.2 Å². The molecule has 1 aromatic heterocycles. The van der Waals surface area contributed by atoms with Crippen molar-refractivity contribution in [3.8, 4) is 5.88 Å². The van der Waals surface area contributed by atoms with Crippen LogP contribution in [0.2, 0.25) is 0 Å². The van der Waals surface area contributed by atoms with Gasteiger partial charge in [0, 0.05) is 44.2 Å². The standard InChI is InChI=1S/C43H55N7O8S/c1-7-50-39(53)33-15-11-10-14-32(33)38(46-50)58-31-23-34-37(52)45-43(41(55)47-59(56,57)42(4)20-21-42)24-29(43)13-9-8-12-26(2)22-27(3)35(40(54)49(34)25-31)44-36(51)28-16-18-30(19-17-28)48(5)6/h9-11,13-19,26-27,29,31,34-35H,7-8,12,20-25H2,1-6H3,(H,44,51)(H,45,52)(H,47,55)/b13-9-/t26-,27+,29+,31+,34-,35-,43+/m0/s1. The van der Waals surface area contributed by atoms with E-state index in [1.54, 1.807) is 50.2 Å². The first kappa shape index (κ1) is 41.9. The minimum atomic E-state index is -4.02. The van der Waals surface area contributed by atoms with Crippen molar-refractivity contribution < 1.29 is 32.3 Å². The van der Waals surface area contributed by atoms with Gasteiger partial charge in [0.05, 0.1) is 22.1 Å². The molecule has 16 heteroatoms. The zero-order valence-corrected chi connectivity index (χ0v) is 35.4. The second-order valence-electron chi connectivity index (χ2n) is 17.3.